The maximum absolute atomic E-state index is 13.8. The first-order chi connectivity index (χ1) is 14.1. The minimum absolute atomic E-state index is 0.0114. The lowest BCUT2D eigenvalue weighted by Gasteiger charge is -2.34. The van der Waals surface area contributed by atoms with Gasteiger partial charge < -0.3 is 10.6 Å². The smallest absolute Gasteiger partial charge is 0.337 e. The van der Waals surface area contributed by atoms with Gasteiger partial charge in [-0.1, -0.05) is 0 Å². The van der Waals surface area contributed by atoms with E-state index in [4.69, 9.17) is 5.73 Å². The monoisotopic (exact) mass is 432 g/mol. The average molecular weight is 432 g/mol. The van der Waals surface area contributed by atoms with Gasteiger partial charge in [0.05, 0.1) is 0 Å². The Kier molecular flexibility index (Phi) is 6.30. The molecular formula is C19H18F6N4O. The van der Waals surface area contributed by atoms with Gasteiger partial charge in [-0.05, 0) is 42.9 Å². The van der Waals surface area contributed by atoms with Crippen molar-refractivity contribution < 1.29 is 31.1 Å². The topological polar surface area (TPSA) is 72.1 Å². The van der Waals surface area contributed by atoms with Crippen molar-refractivity contribution in [2.24, 2.45) is 11.7 Å². The molecule has 5 nitrogen and oxygen atoms in total. The zero-order valence-corrected chi connectivity index (χ0v) is 15.6. The van der Waals surface area contributed by atoms with Crippen molar-refractivity contribution in [3.8, 4) is 0 Å². The summed E-state index contributed by atoms with van der Waals surface area (Å²) in [6.45, 7) is 0.450. The van der Waals surface area contributed by atoms with E-state index in [0.717, 1.165) is 18.3 Å². The maximum Gasteiger partial charge on any atom is 0.451 e. The SMILES string of the molecule is N[C@H](Cc1cc(F)c(F)cc1F)C1CCN(C(=O)c2ccnc(C(F)(F)F)n2)CC1. The second kappa shape index (κ2) is 8.58. The molecule has 1 atom stereocenters. The molecule has 1 amide bonds. The third-order valence-corrected chi connectivity index (χ3v) is 5.11. The van der Waals surface area contributed by atoms with Gasteiger partial charge in [-0.2, -0.15) is 13.2 Å². The van der Waals surface area contributed by atoms with E-state index in [1.807, 2.05) is 0 Å². The molecule has 2 heterocycles. The highest BCUT2D eigenvalue weighted by Crippen LogP contribution is 2.27. The fourth-order valence-corrected chi connectivity index (χ4v) is 3.45. The quantitative estimate of drug-likeness (QED) is 0.594. The van der Waals surface area contributed by atoms with Crippen molar-refractivity contribution in [3.05, 3.63) is 58.9 Å². The number of benzene rings is 1. The Balaban J connectivity index is 1.61. The van der Waals surface area contributed by atoms with Crippen LogP contribution in [0.1, 0.15) is 34.7 Å². The van der Waals surface area contributed by atoms with E-state index in [1.165, 1.54) is 4.90 Å². The zero-order valence-electron chi connectivity index (χ0n) is 15.6. The molecule has 0 unspecified atom stereocenters. The van der Waals surface area contributed by atoms with Crippen molar-refractivity contribution in [1.29, 1.82) is 0 Å². The molecule has 0 spiro atoms. The molecule has 0 radical (unpaired) electrons. The lowest BCUT2D eigenvalue weighted by molar-refractivity contribution is -0.145. The van der Waals surface area contributed by atoms with Crippen molar-refractivity contribution >= 4 is 5.91 Å². The van der Waals surface area contributed by atoms with Crippen LogP contribution in [0, 0.1) is 23.4 Å². The summed E-state index contributed by atoms with van der Waals surface area (Å²) in [5.41, 5.74) is 5.71. The van der Waals surface area contributed by atoms with Crippen LogP contribution < -0.4 is 5.73 Å². The molecule has 1 saturated heterocycles. The van der Waals surface area contributed by atoms with E-state index in [2.05, 4.69) is 9.97 Å². The van der Waals surface area contributed by atoms with Crippen molar-refractivity contribution in [2.75, 3.05) is 13.1 Å². The summed E-state index contributed by atoms with van der Waals surface area (Å²) in [6, 6.07) is 1.80. The number of hydrogen-bond acceptors (Lipinski definition) is 4. The molecule has 0 saturated carbocycles. The number of rotatable bonds is 4. The number of hydrogen-bond donors (Lipinski definition) is 1. The summed E-state index contributed by atoms with van der Waals surface area (Å²) in [5.74, 6) is -5.50. The molecule has 0 aliphatic carbocycles. The van der Waals surface area contributed by atoms with Gasteiger partial charge in [0, 0.05) is 31.4 Å². The highest BCUT2D eigenvalue weighted by molar-refractivity contribution is 5.92. The predicted molar refractivity (Wildman–Crippen MR) is 93.7 cm³/mol. The standard InChI is InChI=1S/C19H18F6N4O/c20-12-9-14(22)13(21)7-11(12)8-15(26)10-2-5-29(6-3-10)17(30)16-1-4-27-18(28-16)19(23,24)25/h1,4,7,9-10,15H,2-3,5-6,8,26H2/t15-/m1/s1. The molecule has 30 heavy (non-hydrogen) atoms. The van der Waals surface area contributed by atoms with Gasteiger partial charge in [0.25, 0.3) is 5.91 Å². The largest absolute Gasteiger partial charge is 0.451 e. The van der Waals surface area contributed by atoms with Crippen molar-refractivity contribution in [1.82, 2.24) is 14.9 Å². The molecule has 11 heteroatoms. The number of nitrogens with two attached hydrogens (primary N) is 1. The molecule has 0 bridgehead atoms. The van der Waals surface area contributed by atoms with Gasteiger partial charge in [-0.25, -0.2) is 23.1 Å². The number of aromatic nitrogens is 2. The molecule has 162 valence electrons. The Bertz CT molecular complexity index is 928. The van der Waals surface area contributed by atoms with E-state index >= 15 is 0 Å². The van der Waals surface area contributed by atoms with E-state index in [0.29, 0.717) is 18.9 Å². The van der Waals surface area contributed by atoms with Crippen LogP contribution >= 0.6 is 0 Å². The van der Waals surface area contributed by atoms with Crippen molar-refractivity contribution in [3.63, 3.8) is 0 Å². The van der Waals surface area contributed by atoms with Crippen LogP contribution in [0.3, 0.4) is 0 Å². The second-order valence-electron chi connectivity index (χ2n) is 7.12. The molecule has 1 fully saturated rings. The third kappa shape index (κ3) is 4.89. The average Bonchev–Trinajstić information content (AvgIpc) is 2.71. The first-order valence-corrected chi connectivity index (χ1v) is 9.14. The molecule has 1 aromatic carbocycles. The van der Waals surface area contributed by atoms with Crippen LogP contribution in [0.25, 0.3) is 0 Å². The predicted octanol–water partition coefficient (Wildman–Crippen LogP) is 3.33. The van der Waals surface area contributed by atoms with E-state index in [9.17, 15) is 31.1 Å². The second-order valence-corrected chi connectivity index (χ2v) is 7.12. The van der Waals surface area contributed by atoms with Gasteiger partial charge in [-0.3, -0.25) is 4.79 Å². The number of likely N-dealkylation sites (tertiary alicyclic amines) is 1. The Morgan fingerprint density at radius 2 is 1.77 bits per heavy atom. The first-order valence-electron chi connectivity index (χ1n) is 9.14. The highest BCUT2D eigenvalue weighted by Gasteiger charge is 2.36. The van der Waals surface area contributed by atoms with Crippen LogP contribution in [0.5, 0.6) is 0 Å². The number of carbonyl (C=O) groups excluding carboxylic acids is 1. The summed E-state index contributed by atoms with van der Waals surface area (Å²) in [4.78, 5) is 20.3. The number of amides is 1. The number of nitrogens with zero attached hydrogens (tertiary/aromatic N) is 3. The lowest BCUT2D eigenvalue weighted by atomic mass is 9.86. The Morgan fingerprint density at radius 3 is 2.40 bits per heavy atom. The van der Waals surface area contributed by atoms with Crippen LogP contribution in [-0.4, -0.2) is 39.9 Å². The number of alkyl halides is 3. The molecule has 1 aliphatic heterocycles. The molecule has 3 rings (SSSR count). The van der Waals surface area contributed by atoms with Gasteiger partial charge in [0.2, 0.25) is 5.82 Å². The summed E-state index contributed by atoms with van der Waals surface area (Å²) >= 11 is 0. The Labute approximate surface area is 167 Å². The summed E-state index contributed by atoms with van der Waals surface area (Å²) < 4.78 is 78.4. The Hall–Kier alpha value is -2.69. The summed E-state index contributed by atoms with van der Waals surface area (Å²) in [7, 11) is 0. The van der Waals surface area contributed by atoms with Crippen LogP contribution in [0.4, 0.5) is 26.3 Å². The number of carbonyl (C=O) groups is 1. The fraction of sp³-hybridized carbons (Fsp3) is 0.421. The zero-order chi connectivity index (χ0) is 22.1. The van der Waals surface area contributed by atoms with Crippen LogP contribution in [0.15, 0.2) is 24.4 Å². The first kappa shape index (κ1) is 22.0. The van der Waals surface area contributed by atoms with Crippen LogP contribution in [-0.2, 0) is 12.6 Å². The highest BCUT2D eigenvalue weighted by atomic mass is 19.4. The number of halogens is 6. The van der Waals surface area contributed by atoms with Gasteiger partial charge >= 0.3 is 6.18 Å². The number of piperidine rings is 1. The minimum Gasteiger partial charge on any atom is -0.337 e. The third-order valence-electron chi connectivity index (χ3n) is 5.11. The normalized spacial score (nSPS) is 16.6. The van der Waals surface area contributed by atoms with E-state index < -0.39 is 41.4 Å². The van der Waals surface area contributed by atoms with Crippen molar-refractivity contribution in [2.45, 2.75) is 31.5 Å². The summed E-state index contributed by atoms with van der Waals surface area (Å²) in [5, 5.41) is 0. The maximum atomic E-state index is 13.8. The minimum atomic E-state index is -4.76. The van der Waals surface area contributed by atoms with E-state index in [-0.39, 0.29) is 36.7 Å². The molecule has 2 aromatic rings. The molecule has 1 aliphatic rings. The fourth-order valence-electron chi connectivity index (χ4n) is 3.45. The van der Waals surface area contributed by atoms with E-state index in [1.54, 1.807) is 0 Å². The van der Waals surface area contributed by atoms with Gasteiger partial charge in [0.15, 0.2) is 11.6 Å². The molecule has 1 aromatic heterocycles. The molecular weight excluding hydrogens is 414 g/mol. The molecule has 2 N–H and O–H groups in total. The Morgan fingerprint density at radius 1 is 1.13 bits per heavy atom. The van der Waals surface area contributed by atoms with Crippen LogP contribution in [0.2, 0.25) is 0 Å². The van der Waals surface area contributed by atoms with Gasteiger partial charge in [-0.15, -0.1) is 0 Å². The summed E-state index contributed by atoms with van der Waals surface area (Å²) in [6.07, 6.45) is -3.04. The van der Waals surface area contributed by atoms with Gasteiger partial charge in [0.1, 0.15) is 11.5 Å². The lowest BCUT2D eigenvalue weighted by Crippen LogP contribution is -2.44.